The molecule has 0 bridgehead atoms. The van der Waals surface area contributed by atoms with Gasteiger partial charge in [0.25, 0.3) is 0 Å². The monoisotopic (exact) mass is 165 g/mol. The molecule has 1 unspecified atom stereocenters. The number of likely N-dealkylation sites (N-methyl/N-ethyl adjacent to an activating group) is 1. The Hall–Kier alpha value is -0.860. The summed E-state index contributed by atoms with van der Waals surface area (Å²) >= 11 is 0. The quantitative estimate of drug-likeness (QED) is 0.703. The van der Waals surface area contributed by atoms with Crippen molar-refractivity contribution in [3.63, 3.8) is 0 Å². The number of benzene rings is 1. The van der Waals surface area contributed by atoms with Crippen LogP contribution in [0.3, 0.4) is 0 Å². The zero-order valence-electron chi connectivity index (χ0n) is 7.54. The van der Waals surface area contributed by atoms with Crippen LogP contribution in [0.25, 0.3) is 0 Å². The lowest BCUT2D eigenvalue weighted by Crippen LogP contribution is -2.33. The number of nitrogens with one attached hydrogen (secondary N) is 1. The van der Waals surface area contributed by atoms with E-state index in [9.17, 15) is 5.11 Å². The minimum Gasteiger partial charge on any atom is -0.384 e. The van der Waals surface area contributed by atoms with E-state index in [1.54, 1.807) is 6.92 Å². The highest BCUT2D eigenvalue weighted by Crippen LogP contribution is 2.18. The van der Waals surface area contributed by atoms with Crippen molar-refractivity contribution in [1.82, 2.24) is 5.32 Å². The van der Waals surface area contributed by atoms with Crippen molar-refractivity contribution in [3.05, 3.63) is 35.9 Å². The third-order valence-electron chi connectivity index (χ3n) is 1.92. The maximum Gasteiger partial charge on any atom is 0.0992 e. The van der Waals surface area contributed by atoms with Gasteiger partial charge in [0.2, 0.25) is 0 Å². The molecule has 2 heteroatoms. The maximum absolute atomic E-state index is 9.92. The lowest BCUT2D eigenvalue weighted by molar-refractivity contribution is 0.0592. The lowest BCUT2D eigenvalue weighted by Gasteiger charge is -2.23. The number of aliphatic hydroxyl groups is 1. The standard InChI is InChI=1S/C10H15NO/c1-10(12,8-11-2)9-6-4-3-5-7-9/h3-7,11-12H,8H2,1-2H3. The average Bonchev–Trinajstić information content (AvgIpc) is 2.06. The third kappa shape index (κ3) is 2.06. The molecule has 0 aliphatic heterocycles. The van der Waals surface area contributed by atoms with Gasteiger partial charge in [-0.3, -0.25) is 0 Å². The highest BCUT2D eigenvalue weighted by molar-refractivity contribution is 5.21. The average molecular weight is 165 g/mol. The van der Waals surface area contributed by atoms with Gasteiger partial charge in [0.1, 0.15) is 0 Å². The molecular formula is C10H15NO. The summed E-state index contributed by atoms with van der Waals surface area (Å²) in [5.74, 6) is 0. The highest BCUT2D eigenvalue weighted by atomic mass is 16.3. The first-order valence-electron chi connectivity index (χ1n) is 4.09. The smallest absolute Gasteiger partial charge is 0.0992 e. The summed E-state index contributed by atoms with van der Waals surface area (Å²) in [6.07, 6.45) is 0. The Morgan fingerprint density at radius 3 is 2.42 bits per heavy atom. The first-order valence-corrected chi connectivity index (χ1v) is 4.09. The van der Waals surface area contributed by atoms with Gasteiger partial charge < -0.3 is 10.4 Å². The molecule has 0 aliphatic rings. The molecule has 0 amide bonds. The second-order valence-corrected chi connectivity index (χ2v) is 3.17. The Balaban J connectivity index is 2.82. The van der Waals surface area contributed by atoms with Crippen LogP contribution < -0.4 is 5.32 Å². The van der Waals surface area contributed by atoms with Gasteiger partial charge in [0, 0.05) is 6.54 Å². The molecule has 1 aromatic rings. The van der Waals surface area contributed by atoms with Gasteiger partial charge in [-0.2, -0.15) is 0 Å². The fraction of sp³-hybridized carbons (Fsp3) is 0.400. The topological polar surface area (TPSA) is 32.3 Å². The van der Waals surface area contributed by atoms with Crippen LogP contribution in [0, 0.1) is 0 Å². The highest BCUT2D eigenvalue weighted by Gasteiger charge is 2.20. The third-order valence-corrected chi connectivity index (χ3v) is 1.92. The van der Waals surface area contributed by atoms with Crippen LogP contribution in [-0.4, -0.2) is 18.7 Å². The zero-order chi connectivity index (χ0) is 9.03. The minimum atomic E-state index is -0.768. The number of hydrogen-bond acceptors (Lipinski definition) is 2. The van der Waals surface area contributed by atoms with E-state index < -0.39 is 5.60 Å². The molecule has 0 spiro atoms. The Kier molecular flexibility index (Phi) is 2.84. The van der Waals surface area contributed by atoms with Crippen molar-refractivity contribution >= 4 is 0 Å². The summed E-state index contributed by atoms with van der Waals surface area (Å²) in [7, 11) is 1.83. The van der Waals surface area contributed by atoms with Gasteiger partial charge in [-0.05, 0) is 19.5 Å². The van der Waals surface area contributed by atoms with Crippen molar-refractivity contribution in [2.75, 3.05) is 13.6 Å². The molecule has 12 heavy (non-hydrogen) atoms. The molecule has 0 aromatic heterocycles. The van der Waals surface area contributed by atoms with Crippen molar-refractivity contribution in [2.45, 2.75) is 12.5 Å². The van der Waals surface area contributed by atoms with Crippen molar-refractivity contribution in [3.8, 4) is 0 Å². The van der Waals surface area contributed by atoms with E-state index in [0.29, 0.717) is 6.54 Å². The van der Waals surface area contributed by atoms with Crippen LogP contribution in [0.5, 0.6) is 0 Å². The fourth-order valence-corrected chi connectivity index (χ4v) is 1.24. The van der Waals surface area contributed by atoms with E-state index in [4.69, 9.17) is 0 Å². The predicted octanol–water partition coefficient (Wildman–Crippen LogP) is 1.11. The predicted molar refractivity (Wildman–Crippen MR) is 49.9 cm³/mol. The molecule has 0 fully saturated rings. The molecule has 0 heterocycles. The zero-order valence-corrected chi connectivity index (χ0v) is 7.54. The van der Waals surface area contributed by atoms with Crippen LogP contribution in [0.1, 0.15) is 12.5 Å². The van der Waals surface area contributed by atoms with Gasteiger partial charge in [-0.25, -0.2) is 0 Å². The molecule has 0 aliphatic carbocycles. The summed E-state index contributed by atoms with van der Waals surface area (Å²) in [4.78, 5) is 0. The van der Waals surface area contributed by atoms with Gasteiger partial charge in [0.05, 0.1) is 5.60 Å². The molecule has 1 atom stereocenters. The first-order chi connectivity index (χ1) is 5.67. The summed E-state index contributed by atoms with van der Waals surface area (Å²) < 4.78 is 0. The second kappa shape index (κ2) is 3.70. The van der Waals surface area contributed by atoms with Crippen LogP contribution in [0.4, 0.5) is 0 Å². The van der Waals surface area contributed by atoms with Crippen LogP contribution >= 0.6 is 0 Å². The normalized spacial score (nSPS) is 15.6. The Bertz CT molecular complexity index is 231. The lowest BCUT2D eigenvalue weighted by atomic mass is 9.96. The van der Waals surface area contributed by atoms with Gasteiger partial charge in [-0.1, -0.05) is 30.3 Å². The van der Waals surface area contributed by atoms with E-state index in [1.807, 2.05) is 37.4 Å². The number of hydrogen-bond donors (Lipinski definition) is 2. The summed E-state index contributed by atoms with van der Waals surface area (Å²) in [6, 6.07) is 9.66. The summed E-state index contributed by atoms with van der Waals surface area (Å²) in [5, 5.41) is 12.9. The molecule has 66 valence electrons. The molecule has 0 radical (unpaired) electrons. The van der Waals surface area contributed by atoms with E-state index in [1.165, 1.54) is 0 Å². The van der Waals surface area contributed by atoms with E-state index >= 15 is 0 Å². The molecule has 1 aromatic carbocycles. The molecule has 0 saturated carbocycles. The molecule has 2 N–H and O–H groups in total. The SMILES string of the molecule is CNCC(C)(O)c1ccccc1. The van der Waals surface area contributed by atoms with E-state index in [0.717, 1.165) is 5.56 Å². The van der Waals surface area contributed by atoms with E-state index in [-0.39, 0.29) is 0 Å². The molecule has 1 rings (SSSR count). The van der Waals surface area contributed by atoms with Gasteiger partial charge >= 0.3 is 0 Å². The minimum absolute atomic E-state index is 0.566. The van der Waals surface area contributed by atoms with Gasteiger partial charge in [-0.15, -0.1) is 0 Å². The first kappa shape index (κ1) is 9.23. The van der Waals surface area contributed by atoms with Crippen molar-refractivity contribution < 1.29 is 5.11 Å². The van der Waals surface area contributed by atoms with Crippen LogP contribution in [0.15, 0.2) is 30.3 Å². The van der Waals surface area contributed by atoms with Crippen molar-refractivity contribution in [2.24, 2.45) is 0 Å². The molecular weight excluding hydrogens is 150 g/mol. The van der Waals surface area contributed by atoms with E-state index in [2.05, 4.69) is 5.32 Å². The molecule has 0 saturated heterocycles. The number of rotatable bonds is 3. The second-order valence-electron chi connectivity index (χ2n) is 3.17. The largest absolute Gasteiger partial charge is 0.384 e. The maximum atomic E-state index is 9.92. The van der Waals surface area contributed by atoms with Crippen molar-refractivity contribution in [1.29, 1.82) is 0 Å². The Morgan fingerprint density at radius 2 is 1.92 bits per heavy atom. The Labute approximate surface area is 73.2 Å². The summed E-state index contributed by atoms with van der Waals surface area (Å²) in [5.41, 5.74) is 0.176. The van der Waals surface area contributed by atoms with Crippen LogP contribution in [0.2, 0.25) is 0 Å². The molecule has 2 nitrogen and oxygen atoms in total. The van der Waals surface area contributed by atoms with Gasteiger partial charge in [0.15, 0.2) is 0 Å². The Morgan fingerprint density at radius 1 is 1.33 bits per heavy atom. The summed E-state index contributed by atoms with van der Waals surface area (Å²) in [6.45, 7) is 2.37. The fourth-order valence-electron chi connectivity index (χ4n) is 1.24. The van der Waals surface area contributed by atoms with Crippen LogP contribution in [-0.2, 0) is 5.60 Å².